The predicted octanol–water partition coefficient (Wildman–Crippen LogP) is 10.4. The first-order valence-corrected chi connectivity index (χ1v) is 24.9. The van der Waals surface area contributed by atoms with Crippen LogP contribution >= 0.6 is 31.9 Å². The fourth-order valence-corrected chi connectivity index (χ4v) is 9.70. The normalized spacial score (nSPS) is 14.8. The van der Waals surface area contributed by atoms with Gasteiger partial charge in [0.2, 0.25) is 0 Å². The molecule has 8 aromatic rings. The number of carboxylic acid groups (broad SMARTS) is 1. The van der Waals surface area contributed by atoms with Crippen LogP contribution in [0, 0.1) is 48.1 Å². The summed E-state index contributed by atoms with van der Waals surface area (Å²) in [5, 5.41) is 39.0. The van der Waals surface area contributed by atoms with Gasteiger partial charge >= 0.3 is 5.97 Å². The van der Waals surface area contributed by atoms with Gasteiger partial charge in [-0.2, -0.15) is 20.7 Å². The maximum absolute atomic E-state index is 13.7. The van der Waals surface area contributed by atoms with E-state index in [4.69, 9.17) is 15.8 Å². The molecule has 2 aliphatic heterocycles. The summed E-state index contributed by atoms with van der Waals surface area (Å²) >= 11 is 7.03. The van der Waals surface area contributed by atoms with Gasteiger partial charge < -0.3 is 26.0 Å². The third-order valence-electron chi connectivity index (χ3n) is 13.2. The van der Waals surface area contributed by atoms with Crippen molar-refractivity contribution in [3.05, 3.63) is 164 Å². The Morgan fingerprint density at radius 1 is 0.671 bits per heavy atom. The number of pyridine rings is 4. The molecule has 0 unspecified atom stereocenters. The van der Waals surface area contributed by atoms with Crippen molar-refractivity contribution >= 4 is 66.4 Å². The first kappa shape index (κ1) is 51.8. The van der Waals surface area contributed by atoms with Crippen molar-refractivity contribution < 1.29 is 23.5 Å². The highest BCUT2D eigenvalue weighted by Gasteiger charge is 2.33. The maximum atomic E-state index is 13.7. The second kappa shape index (κ2) is 21.6. The van der Waals surface area contributed by atoms with Crippen molar-refractivity contribution in [1.29, 1.82) is 10.5 Å². The predicted molar refractivity (Wildman–Crippen MR) is 282 cm³/mol. The summed E-state index contributed by atoms with van der Waals surface area (Å²) in [6.07, 6.45) is 13.9. The Bertz CT molecular complexity index is 3440. The number of aryl methyl sites for hydroxylation is 2. The molecule has 372 valence electrons. The first-order valence-electron chi connectivity index (χ1n) is 23.3. The molecule has 0 aliphatic carbocycles. The Morgan fingerprint density at radius 3 is 1.52 bits per heavy atom. The summed E-state index contributed by atoms with van der Waals surface area (Å²) in [4.78, 5) is 37.1. The Morgan fingerprint density at radius 2 is 1.11 bits per heavy atom. The Hall–Kier alpha value is -7.58. The molecule has 2 saturated heterocycles. The summed E-state index contributed by atoms with van der Waals surface area (Å²) in [6.45, 7) is 10.9. The second-order valence-corrected chi connectivity index (χ2v) is 20.6. The van der Waals surface area contributed by atoms with Crippen LogP contribution in [0.1, 0.15) is 82.5 Å². The number of rotatable bonds is 7. The molecule has 10 rings (SSSR count). The monoisotopic (exact) mass is 1110 g/mol. The largest absolute Gasteiger partial charge is 0.478 e. The number of piperidine rings is 2. The number of fused-ring (bicyclic) bond motifs is 2. The number of benzene rings is 2. The molecule has 0 bridgehead atoms. The minimum atomic E-state index is -1.10. The molecule has 2 fully saturated rings. The zero-order valence-electron chi connectivity index (χ0n) is 40.4. The van der Waals surface area contributed by atoms with Crippen molar-refractivity contribution in [2.75, 3.05) is 36.0 Å². The molecule has 0 radical (unpaired) electrons. The van der Waals surface area contributed by atoms with Crippen LogP contribution in [0.5, 0.6) is 0 Å². The number of anilines is 2. The van der Waals surface area contributed by atoms with Gasteiger partial charge in [-0.1, -0.05) is 12.1 Å². The summed E-state index contributed by atoms with van der Waals surface area (Å²) in [6, 6.07) is 24.4. The maximum Gasteiger partial charge on any atom is 0.336 e. The third-order valence-corrected chi connectivity index (χ3v) is 14.1. The van der Waals surface area contributed by atoms with Crippen LogP contribution in [0.15, 0.2) is 119 Å². The molecular weight excluding hydrogens is 1060 g/mol. The SMILES string of the molecule is CC1(N)CCN(c2ccc(-c3cc(Br)cn4ncc(C#N)c34)cn2)CC1.Cc1ccc(F)cc1C(=O)NC1(C)CCN(c2ccc(-c3cc(Br)cn4ncc(C#N)c34)cn2)CC1.Cc1ccc(F)cc1C(=O)O. The number of carbonyl (C=O) groups excluding carboxylic acids is 1. The summed E-state index contributed by atoms with van der Waals surface area (Å²) in [7, 11) is 0. The van der Waals surface area contributed by atoms with E-state index < -0.39 is 17.6 Å². The van der Waals surface area contributed by atoms with Gasteiger partial charge in [0.05, 0.1) is 40.1 Å². The number of nitriles is 2. The van der Waals surface area contributed by atoms with Gasteiger partial charge in [-0.05, 0) is 157 Å². The van der Waals surface area contributed by atoms with Gasteiger partial charge in [-0.3, -0.25) is 4.79 Å². The van der Waals surface area contributed by atoms with Crippen LogP contribution in [-0.2, 0) is 0 Å². The van der Waals surface area contributed by atoms with Crippen molar-refractivity contribution in [2.45, 2.75) is 64.5 Å². The number of aromatic carboxylic acids is 1. The van der Waals surface area contributed by atoms with E-state index in [0.29, 0.717) is 22.3 Å². The highest BCUT2D eigenvalue weighted by atomic mass is 79.9. The minimum Gasteiger partial charge on any atom is -0.478 e. The number of hydrogen-bond donors (Lipinski definition) is 3. The van der Waals surface area contributed by atoms with Gasteiger partial charge in [-0.15, -0.1) is 0 Å². The van der Waals surface area contributed by atoms with Crippen LogP contribution < -0.4 is 20.9 Å². The van der Waals surface area contributed by atoms with Gasteiger partial charge in [-0.25, -0.2) is 32.6 Å². The number of nitrogens with zero attached hydrogens (tertiary/aromatic N) is 10. The average molecular weight is 1110 g/mol. The van der Waals surface area contributed by atoms with Crippen LogP contribution in [0.4, 0.5) is 20.4 Å². The number of nitrogens with two attached hydrogens (primary N) is 1. The van der Waals surface area contributed by atoms with E-state index in [2.05, 4.69) is 87.3 Å². The number of halogens is 4. The lowest BCUT2D eigenvalue weighted by atomic mass is 9.89. The number of nitrogens with one attached hydrogen (secondary N) is 1. The number of aromatic nitrogens is 6. The van der Waals surface area contributed by atoms with Crippen molar-refractivity contribution in [2.24, 2.45) is 5.73 Å². The van der Waals surface area contributed by atoms with Gasteiger partial charge in [0.15, 0.2) is 0 Å². The van der Waals surface area contributed by atoms with Crippen molar-refractivity contribution in [3.8, 4) is 34.4 Å². The molecule has 0 spiro atoms. The molecule has 0 atom stereocenters. The molecule has 2 aromatic carbocycles. The average Bonchev–Trinajstić information content (AvgIpc) is 3.99. The minimum absolute atomic E-state index is 0.0185. The Balaban J connectivity index is 0.000000167. The van der Waals surface area contributed by atoms with Crippen LogP contribution in [0.25, 0.3) is 33.3 Å². The Labute approximate surface area is 437 Å². The number of carboxylic acids is 1. The molecule has 19 heteroatoms. The lowest BCUT2D eigenvalue weighted by Crippen LogP contribution is -2.53. The van der Waals surface area contributed by atoms with E-state index >= 15 is 0 Å². The topological polar surface area (TPSA) is 207 Å². The van der Waals surface area contributed by atoms with Crippen LogP contribution in [0.3, 0.4) is 0 Å². The molecule has 8 heterocycles. The number of hydrogen-bond acceptors (Lipinski definition) is 11. The molecule has 4 N–H and O–H groups in total. The second-order valence-electron chi connectivity index (χ2n) is 18.7. The molecule has 6 aromatic heterocycles. The molecule has 0 saturated carbocycles. The van der Waals surface area contributed by atoms with E-state index in [9.17, 15) is 28.9 Å². The lowest BCUT2D eigenvalue weighted by molar-refractivity contribution is 0.0695. The van der Waals surface area contributed by atoms with Gasteiger partial charge in [0, 0.05) is 98.8 Å². The molecular formula is C54H50Br2F2N12O3. The van der Waals surface area contributed by atoms with E-state index in [1.807, 2.05) is 69.0 Å². The van der Waals surface area contributed by atoms with Crippen molar-refractivity contribution in [1.82, 2.24) is 34.5 Å². The Kier molecular flexibility index (Phi) is 15.3. The van der Waals surface area contributed by atoms with Gasteiger partial charge in [0.1, 0.15) is 35.4 Å². The molecule has 2 aliphatic rings. The van der Waals surface area contributed by atoms with E-state index in [0.717, 1.165) is 117 Å². The number of amides is 1. The number of carbonyl (C=O) groups is 2. The summed E-state index contributed by atoms with van der Waals surface area (Å²) in [5.74, 6) is -0.462. The smallest absolute Gasteiger partial charge is 0.336 e. The fraction of sp³-hybridized carbons (Fsp3) is 0.259. The fourth-order valence-electron chi connectivity index (χ4n) is 8.85. The lowest BCUT2D eigenvalue weighted by Gasteiger charge is -2.40. The van der Waals surface area contributed by atoms with E-state index in [-0.39, 0.29) is 22.5 Å². The van der Waals surface area contributed by atoms with E-state index in [1.165, 1.54) is 24.3 Å². The first-order chi connectivity index (χ1) is 34.8. The summed E-state index contributed by atoms with van der Waals surface area (Å²) < 4.78 is 31.3. The molecule has 1 amide bonds. The highest BCUT2D eigenvalue weighted by molar-refractivity contribution is 9.10. The van der Waals surface area contributed by atoms with E-state index in [1.54, 1.807) is 34.4 Å². The highest BCUT2D eigenvalue weighted by Crippen LogP contribution is 2.34. The standard InChI is InChI=1S/C27H24BrFN6O.C19H19BrN6.C8H7FO2/c1-17-3-5-21(29)12-22(17)26(36)33-27(2)7-9-34(10-8-27)24-6-4-18(14-31-24)23-11-20(28)16-35-25(23)19(13-30)15-32-35;1-19(22)4-6-25(7-5-19)17-3-2-13(10-23-17)16-8-15(20)12-26-18(16)14(9-21)11-24-26;1-5-2-3-6(9)4-7(5)8(10)11/h3-6,11-12,14-16H,7-10H2,1-2H3,(H,33,36);2-3,8,10-12H,4-7,22H2,1H3;2-4H,1H3,(H,10,11). The molecule has 73 heavy (non-hydrogen) atoms. The van der Waals surface area contributed by atoms with Crippen LogP contribution in [0.2, 0.25) is 0 Å². The van der Waals surface area contributed by atoms with Gasteiger partial charge in [0.25, 0.3) is 5.91 Å². The van der Waals surface area contributed by atoms with Crippen molar-refractivity contribution in [3.63, 3.8) is 0 Å². The quantitative estimate of drug-likeness (QED) is 0.136. The molecule has 15 nitrogen and oxygen atoms in total. The third kappa shape index (κ3) is 11.9. The van der Waals surface area contributed by atoms with Crippen LogP contribution in [-0.4, -0.2) is 83.4 Å². The zero-order chi connectivity index (χ0) is 52.2. The zero-order valence-corrected chi connectivity index (χ0v) is 43.5. The summed E-state index contributed by atoms with van der Waals surface area (Å²) in [5.41, 5.74) is 13.7.